The van der Waals surface area contributed by atoms with Crippen LogP contribution in [0.25, 0.3) is 0 Å². The highest BCUT2D eigenvalue weighted by molar-refractivity contribution is 5.89. The molecule has 5 nitrogen and oxygen atoms in total. The number of aromatic hydroxyl groups is 1. The summed E-state index contributed by atoms with van der Waals surface area (Å²) in [6.07, 6.45) is -3.35. The van der Waals surface area contributed by atoms with Crippen LogP contribution in [0.3, 0.4) is 0 Å². The van der Waals surface area contributed by atoms with Gasteiger partial charge in [0.2, 0.25) is 0 Å². The molecule has 1 aromatic carbocycles. The zero-order valence-electron chi connectivity index (χ0n) is 11.0. The molecule has 0 spiro atoms. The van der Waals surface area contributed by atoms with E-state index < -0.39 is 29.2 Å². The number of carboxylic acids is 1. The van der Waals surface area contributed by atoms with E-state index in [-0.39, 0.29) is 17.9 Å². The molecule has 0 aliphatic carbocycles. The summed E-state index contributed by atoms with van der Waals surface area (Å²) in [5.41, 5.74) is -1.19. The van der Waals surface area contributed by atoms with E-state index in [2.05, 4.69) is 4.98 Å². The van der Waals surface area contributed by atoms with Gasteiger partial charge in [0, 0.05) is 12.3 Å². The molecule has 0 fully saturated rings. The number of aromatic nitrogens is 1. The number of pyridine rings is 1. The molecule has 0 radical (unpaired) electrons. The zero-order valence-corrected chi connectivity index (χ0v) is 11.0. The Morgan fingerprint density at radius 2 is 2.00 bits per heavy atom. The Bertz CT molecular complexity index is 701. The molecule has 0 atom stereocenters. The maximum Gasteiger partial charge on any atom is 0.416 e. The first-order valence-corrected chi connectivity index (χ1v) is 5.99. The summed E-state index contributed by atoms with van der Waals surface area (Å²) < 4.78 is 42.9. The highest BCUT2D eigenvalue weighted by Crippen LogP contribution is 2.31. The predicted molar refractivity (Wildman–Crippen MR) is 68.6 cm³/mol. The molecule has 1 heterocycles. The van der Waals surface area contributed by atoms with E-state index in [0.717, 1.165) is 18.3 Å². The number of carboxylic acid groups (broad SMARTS) is 1. The molecule has 0 bridgehead atoms. The molecular formula is C14H10F3NO4. The monoisotopic (exact) mass is 313 g/mol. The van der Waals surface area contributed by atoms with Crippen molar-refractivity contribution in [1.29, 1.82) is 0 Å². The van der Waals surface area contributed by atoms with Gasteiger partial charge in [0.1, 0.15) is 6.61 Å². The largest absolute Gasteiger partial charge is 0.503 e. The summed E-state index contributed by atoms with van der Waals surface area (Å²) in [5.74, 6) is -2.30. The number of rotatable bonds is 4. The standard InChI is InChI=1S/C14H10F3NO4/c15-14(16,17)9-3-1-2-8(6-9)7-22-10-4-5-18-11(12(10)19)13(20)21/h1-6,19H,7H2,(H,20,21). The molecule has 0 aliphatic heterocycles. The lowest BCUT2D eigenvalue weighted by molar-refractivity contribution is -0.137. The van der Waals surface area contributed by atoms with Crippen LogP contribution < -0.4 is 4.74 Å². The average molecular weight is 313 g/mol. The number of alkyl halides is 3. The van der Waals surface area contributed by atoms with Crippen LogP contribution in [0.15, 0.2) is 36.5 Å². The Labute approximate surface area is 122 Å². The van der Waals surface area contributed by atoms with Gasteiger partial charge in [0.15, 0.2) is 17.2 Å². The van der Waals surface area contributed by atoms with Gasteiger partial charge in [-0.25, -0.2) is 9.78 Å². The molecule has 2 rings (SSSR count). The number of benzene rings is 1. The van der Waals surface area contributed by atoms with Crippen molar-refractivity contribution in [2.45, 2.75) is 12.8 Å². The number of halogens is 3. The number of aromatic carboxylic acids is 1. The van der Waals surface area contributed by atoms with Crippen molar-refractivity contribution in [2.75, 3.05) is 0 Å². The number of hydrogen-bond acceptors (Lipinski definition) is 4. The summed E-state index contributed by atoms with van der Waals surface area (Å²) in [5, 5.41) is 18.5. The van der Waals surface area contributed by atoms with Crippen LogP contribution in [-0.2, 0) is 12.8 Å². The van der Waals surface area contributed by atoms with Gasteiger partial charge >= 0.3 is 12.1 Å². The molecule has 8 heteroatoms. The Morgan fingerprint density at radius 3 is 2.64 bits per heavy atom. The van der Waals surface area contributed by atoms with E-state index in [9.17, 15) is 23.1 Å². The van der Waals surface area contributed by atoms with Gasteiger partial charge in [-0.1, -0.05) is 12.1 Å². The van der Waals surface area contributed by atoms with E-state index >= 15 is 0 Å². The summed E-state index contributed by atoms with van der Waals surface area (Å²) >= 11 is 0. The zero-order chi connectivity index (χ0) is 16.3. The summed E-state index contributed by atoms with van der Waals surface area (Å²) in [4.78, 5) is 14.3. The Morgan fingerprint density at radius 1 is 1.27 bits per heavy atom. The Balaban J connectivity index is 2.18. The molecule has 1 aromatic heterocycles. The van der Waals surface area contributed by atoms with Crippen molar-refractivity contribution in [2.24, 2.45) is 0 Å². The molecule has 0 saturated carbocycles. The summed E-state index contributed by atoms with van der Waals surface area (Å²) in [6, 6.07) is 5.71. The first kappa shape index (κ1) is 15.6. The first-order valence-electron chi connectivity index (χ1n) is 5.99. The normalized spacial score (nSPS) is 11.2. The van der Waals surface area contributed by atoms with Crippen LogP contribution in [0.2, 0.25) is 0 Å². The van der Waals surface area contributed by atoms with Crippen molar-refractivity contribution in [1.82, 2.24) is 4.98 Å². The fraction of sp³-hybridized carbons (Fsp3) is 0.143. The quantitative estimate of drug-likeness (QED) is 0.906. The molecule has 0 amide bonds. The van der Waals surface area contributed by atoms with Crippen LogP contribution in [0.5, 0.6) is 11.5 Å². The van der Waals surface area contributed by atoms with Gasteiger partial charge in [-0.15, -0.1) is 0 Å². The topological polar surface area (TPSA) is 79.7 Å². The molecule has 2 aromatic rings. The highest BCUT2D eigenvalue weighted by atomic mass is 19.4. The van der Waals surface area contributed by atoms with Crippen LogP contribution in [0, 0.1) is 0 Å². The number of nitrogens with zero attached hydrogens (tertiary/aromatic N) is 1. The van der Waals surface area contributed by atoms with Gasteiger partial charge in [0.05, 0.1) is 5.56 Å². The van der Waals surface area contributed by atoms with Gasteiger partial charge in [0.25, 0.3) is 0 Å². The molecule has 116 valence electrons. The van der Waals surface area contributed by atoms with Gasteiger partial charge < -0.3 is 14.9 Å². The van der Waals surface area contributed by atoms with E-state index in [1.165, 1.54) is 18.2 Å². The number of carbonyl (C=O) groups is 1. The van der Waals surface area contributed by atoms with Crippen molar-refractivity contribution in [3.05, 3.63) is 53.3 Å². The minimum absolute atomic E-state index is 0.176. The number of ether oxygens (including phenoxy) is 1. The number of hydrogen-bond donors (Lipinski definition) is 2. The third kappa shape index (κ3) is 3.46. The predicted octanol–water partition coefficient (Wildman–Crippen LogP) is 3.08. The summed E-state index contributed by atoms with van der Waals surface area (Å²) in [7, 11) is 0. The molecule has 0 aliphatic rings. The molecule has 22 heavy (non-hydrogen) atoms. The Kier molecular flexibility index (Phi) is 4.20. The molecule has 0 saturated heterocycles. The van der Waals surface area contributed by atoms with Crippen LogP contribution in [0.4, 0.5) is 13.2 Å². The second-order valence-corrected chi connectivity index (χ2v) is 4.30. The third-order valence-electron chi connectivity index (χ3n) is 2.74. The maximum absolute atomic E-state index is 12.6. The first-order chi connectivity index (χ1) is 10.3. The smallest absolute Gasteiger partial charge is 0.416 e. The molecular weight excluding hydrogens is 303 g/mol. The lowest BCUT2D eigenvalue weighted by Crippen LogP contribution is -2.06. The van der Waals surface area contributed by atoms with Gasteiger partial charge in [-0.2, -0.15) is 13.2 Å². The highest BCUT2D eigenvalue weighted by Gasteiger charge is 2.30. The lowest BCUT2D eigenvalue weighted by atomic mass is 10.1. The van der Waals surface area contributed by atoms with Crippen molar-refractivity contribution in [3.8, 4) is 11.5 Å². The Hall–Kier alpha value is -2.77. The maximum atomic E-state index is 12.6. The van der Waals surface area contributed by atoms with Gasteiger partial charge in [-0.3, -0.25) is 0 Å². The second kappa shape index (κ2) is 5.92. The van der Waals surface area contributed by atoms with E-state index in [1.54, 1.807) is 0 Å². The lowest BCUT2D eigenvalue weighted by Gasteiger charge is -2.11. The van der Waals surface area contributed by atoms with Crippen molar-refractivity contribution in [3.63, 3.8) is 0 Å². The van der Waals surface area contributed by atoms with E-state index in [1.807, 2.05) is 0 Å². The van der Waals surface area contributed by atoms with Crippen LogP contribution >= 0.6 is 0 Å². The van der Waals surface area contributed by atoms with E-state index in [0.29, 0.717) is 0 Å². The second-order valence-electron chi connectivity index (χ2n) is 4.30. The van der Waals surface area contributed by atoms with E-state index in [4.69, 9.17) is 9.84 Å². The summed E-state index contributed by atoms with van der Waals surface area (Å²) in [6.45, 7) is -0.263. The molecule has 2 N–H and O–H groups in total. The minimum atomic E-state index is -4.47. The van der Waals surface area contributed by atoms with Crippen molar-refractivity contribution >= 4 is 5.97 Å². The van der Waals surface area contributed by atoms with Crippen LogP contribution in [0.1, 0.15) is 21.6 Å². The minimum Gasteiger partial charge on any atom is -0.503 e. The SMILES string of the molecule is O=C(O)c1nccc(OCc2cccc(C(F)(F)F)c2)c1O. The third-order valence-corrected chi connectivity index (χ3v) is 2.74. The molecule has 0 unspecified atom stereocenters. The van der Waals surface area contributed by atoms with Crippen molar-refractivity contribution < 1.29 is 32.9 Å². The average Bonchev–Trinajstić information content (AvgIpc) is 2.45. The van der Waals surface area contributed by atoms with Gasteiger partial charge in [-0.05, 0) is 17.7 Å². The fourth-order valence-corrected chi connectivity index (χ4v) is 1.71. The van der Waals surface area contributed by atoms with Crippen LogP contribution in [-0.4, -0.2) is 21.2 Å². The fourth-order valence-electron chi connectivity index (χ4n) is 1.71.